The summed E-state index contributed by atoms with van der Waals surface area (Å²) in [6.45, 7) is 0. The van der Waals surface area contributed by atoms with Crippen molar-refractivity contribution in [3.63, 3.8) is 0 Å². The van der Waals surface area contributed by atoms with E-state index in [1.165, 1.54) is 19.2 Å². The van der Waals surface area contributed by atoms with Crippen molar-refractivity contribution in [2.75, 3.05) is 7.11 Å². The maximum absolute atomic E-state index is 13.8. The van der Waals surface area contributed by atoms with E-state index in [4.69, 9.17) is 11.6 Å². The molecule has 1 aromatic heterocycles. The summed E-state index contributed by atoms with van der Waals surface area (Å²) in [6, 6.07) is 4.68. The molecule has 0 aliphatic heterocycles. The van der Waals surface area contributed by atoms with Crippen LogP contribution < -0.4 is 0 Å². The van der Waals surface area contributed by atoms with Crippen molar-refractivity contribution in [3.05, 3.63) is 52.7 Å². The third-order valence-corrected chi connectivity index (χ3v) is 2.78. The van der Waals surface area contributed by atoms with Crippen molar-refractivity contribution in [1.29, 1.82) is 0 Å². The van der Waals surface area contributed by atoms with Crippen LogP contribution in [0.25, 0.3) is 11.3 Å². The minimum absolute atomic E-state index is 0.0201. The molecule has 2 rings (SSSR count). The minimum Gasteiger partial charge on any atom is -0.465 e. The molecule has 0 N–H and O–H groups in total. The first kappa shape index (κ1) is 13.4. The normalized spacial score (nSPS) is 10.3. The Kier molecular flexibility index (Phi) is 3.76. The second-order valence-corrected chi connectivity index (χ2v) is 4.07. The maximum atomic E-state index is 13.8. The molecule has 0 aliphatic rings. The van der Waals surface area contributed by atoms with E-state index in [2.05, 4.69) is 9.72 Å². The number of halogens is 3. The number of rotatable bonds is 2. The molecule has 0 amide bonds. The zero-order valence-electron chi connectivity index (χ0n) is 9.78. The van der Waals surface area contributed by atoms with Gasteiger partial charge >= 0.3 is 5.97 Å². The van der Waals surface area contributed by atoms with Gasteiger partial charge in [-0.1, -0.05) is 11.6 Å². The summed E-state index contributed by atoms with van der Waals surface area (Å²) in [4.78, 5) is 15.2. The van der Waals surface area contributed by atoms with Gasteiger partial charge in [-0.25, -0.2) is 13.6 Å². The highest BCUT2D eigenvalue weighted by Gasteiger charge is 2.16. The molecule has 0 bridgehead atoms. The molecule has 6 heteroatoms. The first-order valence-electron chi connectivity index (χ1n) is 5.22. The van der Waals surface area contributed by atoms with Gasteiger partial charge in [-0.2, -0.15) is 0 Å². The van der Waals surface area contributed by atoms with Gasteiger partial charge in [-0.3, -0.25) is 4.98 Å². The molecule has 19 heavy (non-hydrogen) atoms. The summed E-state index contributed by atoms with van der Waals surface area (Å²) in [5.41, 5.74) is 0.261. The van der Waals surface area contributed by atoms with Crippen molar-refractivity contribution >= 4 is 17.6 Å². The molecule has 0 unspecified atom stereocenters. The van der Waals surface area contributed by atoms with Gasteiger partial charge < -0.3 is 4.74 Å². The molecule has 0 saturated heterocycles. The summed E-state index contributed by atoms with van der Waals surface area (Å²) in [7, 11) is 1.19. The van der Waals surface area contributed by atoms with Gasteiger partial charge in [-0.15, -0.1) is 0 Å². The highest BCUT2D eigenvalue weighted by atomic mass is 35.5. The van der Waals surface area contributed by atoms with Crippen LogP contribution in [0.5, 0.6) is 0 Å². The van der Waals surface area contributed by atoms with Gasteiger partial charge in [0.2, 0.25) is 0 Å². The summed E-state index contributed by atoms with van der Waals surface area (Å²) in [5.74, 6) is -1.88. The van der Waals surface area contributed by atoms with Crippen LogP contribution in [-0.4, -0.2) is 18.1 Å². The number of nitrogens with zero attached hydrogens (tertiary/aromatic N) is 1. The predicted octanol–water partition coefficient (Wildman–Crippen LogP) is 3.47. The number of benzene rings is 1. The van der Waals surface area contributed by atoms with Gasteiger partial charge in [0, 0.05) is 5.56 Å². The Morgan fingerprint density at radius 2 is 2.05 bits per heavy atom. The number of pyridine rings is 1. The smallest absolute Gasteiger partial charge is 0.339 e. The molecule has 0 atom stereocenters. The topological polar surface area (TPSA) is 39.2 Å². The quantitative estimate of drug-likeness (QED) is 0.792. The monoisotopic (exact) mass is 283 g/mol. The fourth-order valence-electron chi connectivity index (χ4n) is 1.55. The molecule has 1 heterocycles. The molecule has 3 nitrogen and oxygen atoms in total. The molecule has 0 radical (unpaired) electrons. The Labute approximate surface area is 112 Å². The van der Waals surface area contributed by atoms with E-state index in [1.807, 2.05) is 0 Å². The Hall–Kier alpha value is -2.01. The minimum atomic E-state index is -0.687. The number of aromatic nitrogens is 1. The van der Waals surface area contributed by atoms with E-state index in [0.717, 1.165) is 18.3 Å². The average Bonchev–Trinajstić information content (AvgIpc) is 2.39. The van der Waals surface area contributed by atoms with Crippen LogP contribution in [0.1, 0.15) is 10.4 Å². The van der Waals surface area contributed by atoms with Crippen molar-refractivity contribution in [1.82, 2.24) is 4.98 Å². The number of hydrogen-bond donors (Lipinski definition) is 0. The summed E-state index contributed by atoms with van der Waals surface area (Å²) >= 11 is 5.77. The number of methoxy groups -OCH3 is 1. The SMILES string of the molecule is COC(=O)c1cc(-c2ccc(F)cn2)c(F)cc1Cl. The summed E-state index contributed by atoms with van der Waals surface area (Å²) < 4.78 is 31.1. The second kappa shape index (κ2) is 5.32. The largest absolute Gasteiger partial charge is 0.465 e. The van der Waals surface area contributed by atoms with Crippen molar-refractivity contribution in [2.24, 2.45) is 0 Å². The van der Waals surface area contributed by atoms with Gasteiger partial charge in [0.05, 0.1) is 29.6 Å². The molecule has 98 valence electrons. The van der Waals surface area contributed by atoms with Crippen molar-refractivity contribution in [3.8, 4) is 11.3 Å². The van der Waals surface area contributed by atoms with E-state index in [0.29, 0.717) is 0 Å². The van der Waals surface area contributed by atoms with Gasteiger partial charge in [0.1, 0.15) is 11.6 Å². The average molecular weight is 284 g/mol. The van der Waals surface area contributed by atoms with Crippen LogP contribution in [-0.2, 0) is 4.74 Å². The Bertz CT molecular complexity index is 629. The lowest BCUT2D eigenvalue weighted by atomic mass is 10.1. The first-order chi connectivity index (χ1) is 9.02. The summed E-state index contributed by atoms with van der Waals surface area (Å²) in [6.07, 6.45) is 0.960. The molecule has 1 aromatic carbocycles. The lowest BCUT2D eigenvalue weighted by Crippen LogP contribution is -2.03. The van der Waals surface area contributed by atoms with Crippen LogP contribution >= 0.6 is 11.6 Å². The van der Waals surface area contributed by atoms with Crippen molar-refractivity contribution in [2.45, 2.75) is 0 Å². The molecule has 0 spiro atoms. The van der Waals surface area contributed by atoms with Crippen LogP contribution in [0, 0.1) is 11.6 Å². The number of hydrogen-bond acceptors (Lipinski definition) is 3. The van der Waals surface area contributed by atoms with Crippen LogP contribution in [0.15, 0.2) is 30.5 Å². The van der Waals surface area contributed by atoms with Crippen LogP contribution in [0.4, 0.5) is 8.78 Å². The van der Waals surface area contributed by atoms with Gasteiger partial charge in [-0.05, 0) is 24.3 Å². The lowest BCUT2D eigenvalue weighted by molar-refractivity contribution is 0.0601. The van der Waals surface area contributed by atoms with Gasteiger partial charge in [0.25, 0.3) is 0 Å². The third kappa shape index (κ3) is 2.71. The van der Waals surface area contributed by atoms with Gasteiger partial charge in [0.15, 0.2) is 0 Å². The van der Waals surface area contributed by atoms with E-state index in [1.54, 1.807) is 0 Å². The van der Waals surface area contributed by atoms with E-state index < -0.39 is 17.6 Å². The lowest BCUT2D eigenvalue weighted by Gasteiger charge is -2.07. The Morgan fingerprint density at radius 1 is 1.32 bits per heavy atom. The molecular formula is C13H8ClF2NO2. The highest BCUT2D eigenvalue weighted by molar-refractivity contribution is 6.33. The number of esters is 1. The van der Waals surface area contributed by atoms with Crippen molar-refractivity contribution < 1.29 is 18.3 Å². The number of carbonyl (C=O) groups is 1. The standard InChI is InChI=1S/C13H8ClF2NO2/c1-19-13(18)8-4-9(11(16)5-10(8)14)12-3-2-7(15)6-17-12/h2-6H,1H3. The zero-order chi connectivity index (χ0) is 14.0. The fourth-order valence-corrected chi connectivity index (χ4v) is 1.77. The van der Waals surface area contributed by atoms with E-state index >= 15 is 0 Å². The maximum Gasteiger partial charge on any atom is 0.339 e. The van der Waals surface area contributed by atoms with E-state index in [-0.39, 0.29) is 21.8 Å². The third-order valence-electron chi connectivity index (χ3n) is 2.47. The Morgan fingerprint density at radius 3 is 2.63 bits per heavy atom. The zero-order valence-corrected chi connectivity index (χ0v) is 10.5. The number of carbonyl (C=O) groups excluding carboxylic acids is 1. The second-order valence-electron chi connectivity index (χ2n) is 3.67. The highest BCUT2D eigenvalue weighted by Crippen LogP contribution is 2.27. The molecule has 2 aromatic rings. The molecular weight excluding hydrogens is 276 g/mol. The molecule has 0 fully saturated rings. The van der Waals surface area contributed by atoms with Crippen LogP contribution in [0.2, 0.25) is 5.02 Å². The molecule has 0 aliphatic carbocycles. The fraction of sp³-hybridized carbons (Fsp3) is 0.0769. The number of ether oxygens (including phenoxy) is 1. The Balaban J connectivity index is 2.57. The first-order valence-corrected chi connectivity index (χ1v) is 5.60. The molecule has 0 saturated carbocycles. The van der Waals surface area contributed by atoms with Crippen LogP contribution in [0.3, 0.4) is 0 Å². The summed E-state index contributed by atoms with van der Waals surface area (Å²) in [5, 5.41) is -0.0600. The van der Waals surface area contributed by atoms with E-state index in [9.17, 15) is 13.6 Å². The predicted molar refractivity (Wildman–Crippen MR) is 65.9 cm³/mol.